The van der Waals surface area contributed by atoms with Gasteiger partial charge in [0, 0.05) is 20.7 Å². The number of halogens is 1. The molecule has 0 heterocycles. The van der Waals surface area contributed by atoms with Crippen LogP contribution >= 0.6 is 11.6 Å². The fourth-order valence-corrected chi connectivity index (χ4v) is 1.10. The Hall–Kier alpha value is -2.24. The molecule has 0 aliphatic rings. The lowest BCUT2D eigenvalue weighted by atomic mass is 10.3. The molecule has 0 unspecified atom stereocenters. The second kappa shape index (κ2) is 6.37. The number of carbonyl (C=O) groups is 2. The van der Waals surface area contributed by atoms with Crippen LogP contribution in [0.25, 0.3) is 10.4 Å². The predicted molar refractivity (Wildman–Crippen MR) is 62.6 cm³/mol. The van der Waals surface area contributed by atoms with E-state index in [2.05, 4.69) is 20.7 Å². The third-order valence-corrected chi connectivity index (χ3v) is 1.92. The van der Waals surface area contributed by atoms with Crippen LogP contribution in [0.1, 0.15) is 0 Å². The van der Waals surface area contributed by atoms with Crippen molar-refractivity contribution in [2.75, 3.05) is 11.9 Å². The lowest BCUT2D eigenvalue weighted by molar-refractivity contribution is -0.115. The molecule has 0 aromatic heterocycles. The minimum atomic E-state index is -0.904. The van der Waals surface area contributed by atoms with Crippen LogP contribution in [0.4, 0.5) is 10.5 Å². The Kier molecular flexibility index (Phi) is 4.80. The van der Waals surface area contributed by atoms with E-state index in [1.807, 2.05) is 0 Å². The molecule has 0 spiro atoms. The summed E-state index contributed by atoms with van der Waals surface area (Å²) in [7, 11) is 0. The molecule has 0 fully saturated rings. The second-order valence-electron chi connectivity index (χ2n) is 2.90. The normalized spacial score (nSPS) is 9.00. The van der Waals surface area contributed by atoms with Gasteiger partial charge in [-0.1, -0.05) is 11.6 Å². The molecule has 3 amide bonds. The van der Waals surface area contributed by atoms with Crippen LogP contribution in [0.15, 0.2) is 29.4 Å². The molecule has 0 radical (unpaired) electrons. The first-order chi connectivity index (χ1) is 8.11. The maximum absolute atomic E-state index is 11.3. The zero-order chi connectivity index (χ0) is 12.7. The molecule has 8 heteroatoms. The Bertz CT molecular complexity index is 467. The minimum absolute atomic E-state index is 0.277. The van der Waals surface area contributed by atoms with Gasteiger partial charge in [-0.25, -0.2) is 0 Å². The van der Waals surface area contributed by atoms with Gasteiger partial charge < -0.3 is 10.6 Å². The molecule has 2 N–H and O–H groups in total. The summed E-state index contributed by atoms with van der Waals surface area (Å²) in [4.78, 5) is 24.3. The smallest absolute Gasteiger partial charge is 0.308 e. The van der Waals surface area contributed by atoms with Crippen molar-refractivity contribution in [3.8, 4) is 0 Å². The Morgan fingerprint density at radius 3 is 2.59 bits per heavy atom. The van der Waals surface area contributed by atoms with Crippen LogP contribution in [-0.4, -0.2) is 18.5 Å². The fraction of sp³-hybridized carbons (Fsp3) is 0.111. The van der Waals surface area contributed by atoms with Gasteiger partial charge in [-0.05, 0) is 29.8 Å². The van der Waals surface area contributed by atoms with Gasteiger partial charge in [0.15, 0.2) is 0 Å². The monoisotopic (exact) mass is 253 g/mol. The standard InChI is InChI=1S/C9H8ClN5O2/c10-6-1-3-7(4-2-6)13-8(16)5-12-9(17)14-15-11/h1-4H,5H2,(H,12,17)(H,13,16). The highest BCUT2D eigenvalue weighted by Gasteiger charge is 2.03. The molecule has 0 atom stereocenters. The first kappa shape index (κ1) is 12.8. The number of nitrogens with zero attached hydrogens (tertiary/aromatic N) is 3. The topological polar surface area (TPSA) is 107 Å². The van der Waals surface area contributed by atoms with Crippen molar-refractivity contribution < 1.29 is 9.59 Å². The zero-order valence-corrected chi connectivity index (χ0v) is 9.31. The van der Waals surface area contributed by atoms with Crippen molar-refractivity contribution in [3.63, 3.8) is 0 Å². The summed E-state index contributed by atoms with van der Waals surface area (Å²) in [5.74, 6) is -0.436. The Labute approximate surface area is 101 Å². The van der Waals surface area contributed by atoms with Gasteiger partial charge in [0.2, 0.25) is 5.91 Å². The van der Waals surface area contributed by atoms with Crippen LogP contribution in [-0.2, 0) is 4.79 Å². The number of hydrogen-bond donors (Lipinski definition) is 2. The van der Waals surface area contributed by atoms with Crippen molar-refractivity contribution in [2.24, 2.45) is 5.11 Å². The van der Waals surface area contributed by atoms with Crippen LogP contribution in [0.2, 0.25) is 5.02 Å². The van der Waals surface area contributed by atoms with Crippen LogP contribution < -0.4 is 10.6 Å². The SMILES string of the molecule is [N-]=[N+]=NC(=O)NCC(=O)Nc1ccc(Cl)cc1. The molecule has 1 aromatic carbocycles. The average Bonchev–Trinajstić information content (AvgIpc) is 2.30. The molecule has 0 bridgehead atoms. The first-order valence-electron chi connectivity index (χ1n) is 4.50. The number of rotatable bonds is 3. The summed E-state index contributed by atoms with van der Waals surface area (Å²) in [6.45, 7) is -0.277. The molecule has 1 rings (SSSR count). The molecule has 17 heavy (non-hydrogen) atoms. The van der Waals surface area contributed by atoms with E-state index in [9.17, 15) is 9.59 Å². The third kappa shape index (κ3) is 4.87. The van der Waals surface area contributed by atoms with Crippen molar-refractivity contribution >= 4 is 29.2 Å². The highest BCUT2D eigenvalue weighted by Crippen LogP contribution is 2.12. The van der Waals surface area contributed by atoms with Crippen molar-refractivity contribution in [3.05, 3.63) is 39.7 Å². The molecule has 7 nitrogen and oxygen atoms in total. The molecule has 88 valence electrons. The number of nitrogens with one attached hydrogen (secondary N) is 2. The zero-order valence-electron chi connectivity index (χ0n) is 8.55. The van der Waals surface area contributed by atoms with Crippen molar-refractivity contribution in [1.82, 2.24) is 5.32 Å². The van der Waals surface area contributed by atoms with Gasteiger partial charge in [-0.3, -0.25) is 9.59 Å². The quantitative estimate of drug-likeness (QED) is 0.490. The summed E-state index contributed by atoms with van der Waals surface area (Å²) < 4.78 is 0. The lowest BCUT2D eigenvalue weighted by Crippen LogP contribution is -2.30. The molecular weight excluding hydrogens is 246 g/mol. The van der Waals surface area contributed by atoms with E-state index in [0.717, 1.165) is 0 Å². The van der Waals surface area contributed by atoms with Crippen LogP contribution in [0, 0.1) is 0 Å². The number of anilines is 1. The summed E-state index contributed by atoms with van der Waals surface area (Å²) in [5.41, 5.74) is 8.50. The molecule has 0 aliphatic carbocycles. The second-order valence-corrected chi connectivity index (χ2v) is 3.34. The van der Waals surface area contributed by atoms with Crippen LogP contribution in [0.3, 0.4) is 0 Å². The predicted octanol–water partition coefficient (Wildman–Crippen LogP) is 2.30. The van der Waals surface area contributed by atoms with Gasteiger partial charge in [-0.2, -0.15) is 0 Å². The summed E-state index contributed by atoms with van der Waals surface area (Å²) in [6.07, 6.45) is 0. The number of amides is 3. The van der Waals surface area contributed by atoms with E-state index in [4.69, 9.17) is 17.1 Å². The van der Waals surface area contributed by atoms with Crippen molar-refractivity contribution in [1.29, 1.82) is 0 Å². The van der Waals surface area contributed by atoms with E-state index in [1.165, 1.54) is 0 Å². The number of hydrogen-bond acceptors (Lipinski definition) is 2. The number of azide groups is 1. The van der Waals surface area contributed by atoms with Crippen molar-refractivity contribution in [2.45, 2.75) is 0 Å². The minimum Gasteiger partial charge on any atom is -0.341 e. The Morgan fingerprint density at radius 1 is 1.35 bits per heavy atom. The molecule has 0 aliphatic heterocycles. The number of benzene rings is 1. The summed E-state index contributed by atoms with van der Waals surface area (Å²) in [6, 6.07) is 5.58. The average molecular weight is 254 g/mol. The Morgan fingerprint density at radius 2 is 2.00 bits per heavy atom. The molecule has 0 saturated heterocycles. The van der Waals surface area contributed by atoms with Gasteiger partial charge in [-0.15, -0.1) is 0 Å². The largest absolute Gasteiger partial charge is 0.341 e. The summed E-state index contributed by atoms with van der Waals surface area (Å²) >= 11 is 5.67. The Balaban J connectivity index is 2.42. The van der Waals surface area contributed by atoms with Crippen LogP contribution in [0.5, 0.6) is 0 Å². The van der Waals surface area contributed by atoms with E-state index in [1.54, 1.807) is 24.3 Å². The summed E-state index contributed by atoms with van der Waals surface area (Å²) in [5, 5.41) is 7.94. The van der Waals surface area contributed by atoms with E-state index < -0.39 is 11.9 Å². The fourth-order valence-electron chi connectivity index (χ4n) is 0.970. The molecular formula is C9H8ClN5O2. The molecule has 0 saturated carbocycles. The first-order valence-corrected chi connectivity index (χ1v) is 4.88. The molecule has 1 aromatic rings. The van der Waals surface area contributed by atoms with E-state index in [0.29, 0.717) is 10.7 Å². The van der Waals surface area contributed by atoms with E-state index in [-0.39, 0.29) is 6.54 Å². The maximum Gasteiger partial charge on any atom is 0.308 e. The van der Waals surface area contributed by atoms with Gasteiger partial charge in [0.25, 0.3) is 0 Å². The van der Waals surface area contributed by atoms with Gasteiger partial charge in [0.1, 0.15) is 0 Å². The maximum atomic E-state index is 11.3. The lowest BCUT2D eigenvalue weighted by Gasteiger charge is -2.05. The highest BCUT2D eigenvalue weighted by molar-refractivity contribution is 6.30. The van der Waals surface area contributed by atoms with E-state index >= 15 is 0 Å². The highest BCUT2D eigenvalue weighted by atomic mass is 35.5. The van der Waals surface area contributed by atoms with Gasteiger partial charge >= 0.3 is 6.03 Å². The van der Waals surface area contributed by atoms with Gasteiger partial charge in [0.05, 0.1) is 6.54 Å². The number of carbonyl (C=O) groups excluding carboxylic acids is 2. The number of urea groups is 1. The third-order valence-electron chi connectivity index (χ3n) is 1.66.